The van der Waals surface area contributed by atoms with Crippen molar-refractivity contribution in [2.75, 3.05) is 19.5 Å². The second kappa shape index (κ2) is 6.04. The first-order valence-corrected chi connectivity index (χ1v) is 7.16. The van der Waals surface area contributed by atoms with E-state index in [1.807, 2.05) is 24.3 Å². The molecule has 0 unspecified atom stereocenters. The highest BCUT2D eigenvalue weighted by molar-refractivity contribution is 7.99. The van der Waals surface area contributed by atoms with Crippen molar-refractivity contribution in [1.29, 1.82) is 0 Å². The number of nitrogens with zero attached hydrogens (tertiary/aromatic N) is 2. The highest BCUT2D eigenvalue weighted by atomic mass is 32.2. The zero-order chi connectivity index (χ0) is 14.7. The first-order chi connectivity index (χ1) is 10.3. The third-order valence-corrected chi connectivity index (χ3v) is 3.54. The Morgan fingerprint density at radius 2 is 2.19 bits per heavy atom. The molecule has 0 saturated heterocycles. The van der Waals surface area contributed by atoms with E-state index in [9.17, 15) is 4.79 Å². The summed E-state index contributed by atoms with van der Waals surface area (Å²) in [5, 5.41) is 8.07. The Morgan fingerprint density at radius 3 is 3.00 bits per heavy atom. The minimum atomic E-state index is -0.458. The van der Waals surface area contributed by atoms with E-state index in [4.69, 9.17) is 13.9 Å². The lowest BCUT2D eigenvalue weighted by Gasteiger charge is -2.23. The summed E-state index contributed by atoms with van der Waals surface area (Å²) in [6.07, 6.45) is -0.458. The average Bonchev–Trinajstić information content (AvgIpc) is 3.01. The van der Waals surface area contributed by atoms with Crippen LogP contribution in [-0.2, 0) is 9.53 Å². The fourth-order valence-corrected chi connectivity index (χ4v) is 2.33. The van der Waals surface area contributed by atoms with Crippen LogP contribution in [0.2, 0.25) is 0 Å². The lowest BCUT2D eigenvalue weighted by molar-refractivity contribution is -0.137. The van der Waals surface area contributed by atoms with Gasteiger partial charge in [0, 0.05) is 0 Å². The Kier molecular flexibility index (Phi) is 3.96. The van der Waals surface area contributed by atoms with Gasteiger partial charge in [0.05, 0.1) is 7.11 Å². The Balaban J connectivity index is 1.66. The lowest BCUT2D eigenvalue weighted by atomic mass is 10.2. The maximum absolute atomic E-state index is 11.1. The van der Waals surface area contributed by atoms with Crippen molar-refractivity contribution >= 4 is 17.7 Å². The van der Waals surface area contributed by atoms with Crippen LogP contribution in [0, 0.1) is 0 Å². The summed E-state index contributed by atoms with van der Waals surface area (Å²) in [4.78, 5) is 11.1. The van der Waals surface area contributed by atoms with Gasteiger partial charge in [0.25, 0.3) is 11.1 Å². The van der Waals surface area contributed by atoms with Crippen LogP contribution in [0.25, 0.3) is 0 Å². The topological polar surface area (TPSA) is 83.7 Å². The van der Waals surface area contributed by atoms with Crippen molar-refractivity contribution in [3.8, 4) is 11.5 Å². The SMILES string of the molecule is COC(=O)CSc1nnc([C@@H]2COc3ccccc3O2)o1. The zero-order valence-corrected chi connectivity index (χ0v) is 12.0. The molecule has 0 bridgehead atoms. The molecule has 0 radical (unpaired) electrons. The molecular weight excluding hydrogens is 296 g/mol. The molecule has 0 spiro atoms. The summed E-state index contributed by atoms with van der Waals surface area (Å²) in [5.41, 5.74) is 0. The Bertz CT molecular complexity index is 645. The first-order valence-electron chi connectivity index (χ1n) is 6.18. The van der Waals surface area contributed by atoms with Crippen LogP contribution >= 0.6 is 11.8 Å². The fourth-order valence-electron chi connectivity index (χ4n) is 1.73. The number of hydrogen-bond acceptors (Lipinski definition) is 8. The summed E-state index contributed by atoms with van der Waals surface area (Å²) in [5.74, 6) is 1.40. The Morgan fingerprint density at radius 1 is 1.38 bits per heavy atom. The molecule has 0 aliphatic carbocycles. The molecular formula is C13H12N2O5S. The largest absolute Gasteiger partial charge is 0.485 e. The Labute approximate surface area is 124 Å². The van der Waals surface area contributed by atoms with Crippen molar-refractivity contribution in [2.24, 2.45) is 0 Å². The number of para-hydroxylation sites is 2. The van der Waals surface area contributed by atoms with Crippen LogP contribution in [0.5, 0.6) is 11.5 Å². The normalized spacial score (nSPS) is 16.5. The second-order valence-corrected chi connectivity index (χ2v) is 5.06. The number of rotatable bonds is 4. The molecule has 1 atom stereocenters. The van der Waals surface area contributed by atoms with E-state index >= 15 is 0 Å². The minimum Gasteiger partial charge on any atom is -0.485 e. The molecule has 1 aliphatic rings. The van der Waals surface area contributed by atoms with E-state index in [1.54, 1.807) is 0 Å². The molecule has 2 aromatic rings. The predicted octanol–water partition coefficient (Wildman–Crippen LogP) is 1.85. The van der Waals surface area contributed by atoms with Gasteiger partial charge in [0.1, 0.15) is 12.4 Å². The number of aromatic nitrogens is 2. The van der Waals surface area contributed by atoms with Gasteiger partial charge in [-0.25, -0.2) is 0 Å². The molecule has 21 heavy (non-hydrogen) atoms. The molecule has 1 aromatic carbocycles. The molecule has 1 aliphatic heterocycles. The van der Waals surface area contributed by atoms with E-state index in [2.05, 4.69) is 14.9 Å². The maximum Gasteiger partial charge on any atom is 0.316 e. The van der Waals surface area contributed by atoms with E-state index < -0.39 is 6.10 Å². The van der Waals surface area contributed by atoms with Gasteiger partial charge in [0.15, 0.2) is 11.5 Å². The number of esters is 1. The summed E-state index contributed by atoms with van der Waals surface area (Å²) in [6.45, 7) is 0.292. The van der Waals surface area contributed by atoms with Gasteiger partial charge in [0.2, 0.25) is 6.10 Å². The molecule has 2 heterocycles. The van der Waals surface area contributed by atoms with Gasteiger partial charge in [-0.1, -0.05) is 23.9 Å². The van der Waals surface area contributed by atoms with Crippen LogP contribution in [0.3, 0.4) is 0 Å². The van der Waals surface area contributed by atoms with Crippen LogP contribution in [0.4, 0.5) is 0 Å². The molecule has 0 N–H and O–H groups in total. The number of carbonyl (C=O) groups excluding carboxylic acids is 1. The molecule has 0 saturated carbocycles. The van der Waals surface area contributed by atoms with E-state index in [1.165, 1.54) is 7.11 Å². The van der Waals surface area contributed by atoms with Crippen molar-refractivity contribution in [3.63, 3.8) is 0 Å². The predicted molar refractivity (Wildman–Crippen MR) is 72.3 cm³/mol. The number of fused-ring (bicyclic) bond motifs is 1. The third-order valence-electron chi connectivity index (χ3n) is 2.75. The number of hydrogen-bond donors (Lipinski definition) is 0. The summed E-state index contributed by atoms with van der Waals surface area (Å²) in [7, 11) is 1.33. The lowest BCUT2D eigenvalue weighted by Crippen LogP contribution is -2.21. The number of methoxy groups -OCH3 is 1. The highest BCUT2D eigenvalue weighted by Gasteiger charge is 2.27. The van der Waals surface area contributed by atoms with Crippen molar-refractivity contribution in [3.05, 3.63) is 30.2 Å². The Hall–Kier alpha value is -2.22. The van der Waals surface area contributed by atoms with Crippen LogP contribution in [0.15, 0.2) is 33.9 Å². The summed E-state index contributed by atoms with van der Waals surface area (Å²) < 4.78 is 21.3. The summed E-state index contributed by atoms with van der Waals surface area (Å²) >= 11 is 1.11. The van der Waals surface area contributed by atoms with Crippen LogP contribution in [0.1, 0.15) is 12.0 Å². The van der Waals surface area contributed by atoms with Gasteiger partial charge >= 0.3 is 5.97 Å². The number of carbonyl (C=O) groups is 1. The molecule has 110 valence electrons. The smallest absolute Gasteiger partial charge is 0.316 e. The van der Waals surface area contributed by atoms with Gasteiger partial charge < -0.3 is 18.6 Å². The molecule has 1 aromatic heterocycles. The van der Waals surface area contributed by atoms with Crippen molar-refractivity contribution in [1.82, 2.24) is 10.2 Å². The third kappa shape index (κ3) is 3.10. The van der Waals surface area contributed by atoms with E-state index in [-0.39, 0.29) is 16.9 Å². The molecule has 8 heteroatoms. The van der Waals surface area contributed by atoms with Crippen LogP contribution < -0.4 is 9.47 Å². The molecule has 3 rings (SSSR count). The number of ether oxygens (including phenoxy) is 3. The summed E-state index contributed by atoms with van der Waals surface area (Å²) in [6, 6.07) is 7.37. The number of thioether (sulfide) groups is 1. The minimum absolute atomic E-state index is 0.114. The van der Waals surface area contributed by atoms with Gasteiger partial charge in [-0.3, -0.25) is 4.79 Å². The first kappa shape index (κ1) is 13.7. The number of benzene rings is 1. The van der Waals surface area contributed by atoms with E-state index in [0.717, 1.165) is 11.8 Å². The maximum atomic E-state index is 11.1. The van der Waals surface area contributed by atoms with E-state index in [0.29, 0.717) is 24.0 Å². The standard InChI is InChI=1S/C13H12N2O5S/c1-17-11(16)7-21-13-15-14-12(20-13)10-6-18-8-4-2-3-5-9(8)19-10/h2-5,10H,6-7H2,1H3/t10-/m0/s1. The van der Waals surface area contributed by atoms with Gasteiger partial charge in [-0.2, -0.15) is 0 Å². The zero-order valence-electron chi connectivity index (χ0n) is 11.1. The molecule has 0 amide bonds. The van der Waals surface area contributed by atoms with Gasteiger partial charge in [-0.05, 0) is 12.1 Å². The second-order valence-electron chi connectivity index (χ2n) is 4.14. The van der Waals surface area contributed by atoms with Gasteiger partial charge in [-0.15, -0.1) is 10.2 Å². The van der Waals surface area contributed by atoms with Crippen molar-refractivity contribution < 1.29 is 23.4 Å². The molecule has 0 fully saturated rings. The quantitative estimate of drug-likeness (QED) is 0.625. The van der Waals surface area contributed by atoms with Crippen LogP contribution in [-0.4, -0.2) is 35.6 Å². The monoisotopic (exact) mass is 308 g/mol. The van der Waals surface area contributed by atoms with Crippen molar-refractivity contribution in [2.45, 2.75) is 11.3 Å². The highest BCUT2D eigenvalue weighted by Crippen LogP contribution is 2.35. The molecule has 7 nitrogen and oxygen atoms in total. The average molecular weight is 308 g/mol. The fraction of sp³-hybridized carbons (Fsp3) is 0.308.